The molecular weight excluding hydrogens is 259 g/mol. The van der Waals surface area contributed by atoms with Crippen LogP contribution < -0.4 is 4.74 Å². The van der Waals surface area contributed by atoms with Crippen LogP contribution >= 0.6 is 0 Å². The first-order chi connectivity index (χ1) is 9.65. The molecule has 0 spiro atoms. The number of amides is 1. The summed E-state index contributed by atoms with van der Waals surface area (Å²) in [6, 6.07) is 6.16. The molecule has 1 heterocycles. The fourth-order valence-electron chi connectivity index (χ4n) is 2.47. The Balaban J connectivity index is 2.15. The third kappa shape index (κ3) is 3.08. The van der Waals surface area contributed by atoms with E-state index < -0.39 is 11.7 Å². The maximum atomic E-state index is 13.3. The van der Waals surface area contributed by atoms with Crippen molar-refractivity contribution >= 4 is 5.91 Å². The second-order valence-corrected chi connectivity index (χ2v) is 4.87. The van der Waals surface area contributed by atoms with E-state index in [0.29, 0.717) is 24.4 Å². The van der Waals surface area contributed by atoms with Gasteiger partial charge in [-0.25, -0.2) is 4.39 Å². The van der Waals surface area contributed by atoms with E-state index in [0.717, 1.165) is 12.8 Å². The molecule has 4 nitrogen and oxygen atoms in total. The average Bonchev–Trinajstić information content (AvgIpc) is 2.98. The smallest absolute Gasteiger partial charge is 0.240 e. The number of hydrogen-bond donors (Lipinski definition) is 0. The van der Waals surface area contributed by atoms with Gasteiger partial charge < -0.3 is 9.64 Å². The van der Waals surface area contributed by atoms with Crippen LogP contribution in [0.25, 0.3) is 0 Å². The predicted molar refractivity (Wildman–Crippen MR) is 71.6 cm³/mol. The Morgan fingerprint density at radius 3 is 2.80 bits per heavy atom. The van der Waals surface area contributed by atoms with Crippen LogP contribution in [-0.4, -0.2) is 31.0 Å². The SMILES string of the molecule is COc1ccc(F)cc1CC(C#N)C(=O)N1CCCC1. The number of benzene rings is 1. The van der Waals surface area contributed by atoms with Crippen LogP contribution in [0.1, 0.15) is 18.4 Å². The Morgan fingerprint density at radius 1 is 1.50 bits per heavy atom. The van der Waals surface area contributed by atoms with Crippen LogP contribution in [0.2, 0.25) is 0 Å². The van der Waals surface area contributed by atoms with Gasteiger partial charge in [-0.3, -0.25) is 4.79 Å². The Labute approximate surface area is 117 Å². The summed E-state index contributed by atoms with van der Waals surface area (Å²) >= 11 is 0. The Kier molecular flexibility index (Phi) is 4.57. The number of rotatable bonds is 4. The fourth-order valence-corrected chi connectivity index (χ4v) is 2.47. The molecule has 1 aromatic rings. The standard InChI is InChI=1S/C15H17FN2O2/c1-20-14-5-4-13(16)9-11(14)8-12(10-17)15(19)18-6-2-3-7-18/h4-5,9,12H,2-3,6-8H2,1H3. The van der Waals surface area contributed by atoms with Gasteiger partial charge in [0, 0.05) is 19.5 Å². The molecule has 1 unspecified atom stereocenters. The molecule has 1 aromatic carbocycles. The third-order valence-electron chi connectivity index (χ3n) is 3.54. The molecule has 1 atom stereocenters. The summed E-state index contributed by atoms with van der Waals surface area (Å²) in [6.45, 7) is 1.41. The lowest BCUT2D eigenvalue weighted by Gasteiger charge is -2.19. The third-order valence-corrected chi connectivity index (χ3v) is 3.54. The van der Waals surface area contributed by atoms with Gasteiger partial charge in [0.2, 0.25) is 5.91 Å². The zero-order valence-electron chi connectivity index (χ0n) is 11.4. The van der Waals surface area contributed by atoms with E-state index in [2.05, 4.69) is 0 Å². The molecule has 0 radical (unpaired) electrons. The summed E-state index contributed by atoms with van der Waals surface area (Å²) in [4.78, 5) is 13.9. The second-order valence-electron chi connectivity index (χ2n) is 4.87. The van der Waals surface area contributed by atoms with E-state index in [1.807, 2.05) is 6.07 Å². The van der Waals surface area contributed by atoms with Crippen LogP contribution in [0.5, 0.6) is 5.75 Å². The molecule has 0 aliphatic carbocycles. The number of carbonyl (C=O) groups excluding carboxylic acids is 1. The molecule has 20 heavy (non-hydrogen) atoms. The molecule has 106 valence electrons. The average molecular weight is 276 g/mol. The first-order valence-corrected chi connectivity index (χ1v) is 6.66. The van der Waals surface area contributed by atoms with Crippen LogP contribution in [0, 0.1) is 23.1 Å². The molecular formula is C15H17FN2O2. The quantitative estimate of drug-likeness (QED) is 0.846. The lowest BCUT2D eigenvalue weighted by Crippen LogP contribution is -2.34. The highest BCUT2D eigenvalue weighted by atomic mass is 19.1. The van der Waals surface area contributed by atoms with Gasteiger partial charge in [-0.2, -0.15) is 5.26 Å². The molecule has 0 N–H and O–H groups in total. The summed E-state index contributed by atoms with van der Waals surface area (Å²) in [5.74, 6) is -0.855. The van der Waals surface area contributed by atoms with E-state index >= 15 is 0 Å². The number of nitrogens with zero attached hydrogens (tertiary/aromatic N) is 2. The topological polar surface area (TPSA) is 53.3 Å². The van der Waals surface area contributed by atoms with Crippen molar-refractivity contribution in [3.05, 3.63) is 29.6 Å². The highest BCUT2D eigenvalue weighted by Gasteiger charge is 2.27. The minimum absolute atomic E-state index is 0.170. The second kappa shape index (κ2) is 6.38. The van der Waals surface area contributed by atoms with Gasteiger partial charge in [-0.15, -0.1) is 0 Å². The first kappa shape index (κ1) is 14.3. The number of ether oxygens (including phenoxy) is 1. The van der Waals surface area contributed by atoms with Crippen molar-refractivity contribution in [1.82, 2.24) is 4.90 Å². The Bertz CT molecular complexity index is 533. The zero-order valence-corrected chi connectivity index (χ0v) is 11.4. The Hall–Kier alpha value is -2.09. The van der Waals surface area contributed by atoms with Gasteiger partial charge in [-0.1, -0.05) is 0 Å². The van der Waals surface area contributed by atoms with Crippen LogP contribution in [0.4, 0.5) is 4.39 Å². The minimum atomic E-state index is -0.788. The van der Waals surface area contributed by atoms with E-state index in [-0.39, 0.29) is 12.3 Å². The maximum Gasteiger partial charge on any atom is 0.240 e. The van der Waals surface area contributed by atoms with E-state index in [4.69, 9.17) is 4.74 Å². The number of methoxy groups -OCH3 is 1. The van der Waals surface area contributed by atoms with Gasteiger partial charge in [-0.05, 0) is 36.6 Å². The lowest BCUT2D eigenvalue weighted by molar-refractivity contribution is -0.132. The molecule has 1 aliphatic heterocycles. The van der Waals surface area contributed by atoms with Crippen molar-refractivity contribution in [3.63, 3.8) is 0 Å². The van der Waals surface area contributed by atoms with Crippen molar-refractivity contribution in [1.29, 1.82) is 5.26 Å². The first-order valence-electron chi connectivity index (χ1n) is 6.66. The van der Waals surface area contributed by atoms with Gasteiger partial charge in [0.05, 0.1) is 13.2 Å². The summed E-state index contributed by atoms with van der Waals surface area (Å²) in [7, 11) is 1.49. The number of nitriles is 1. The molecule has 1 saturated heterocycles. The van der Waals surface area contributed by atoms with Crippen molar-refractivity contribution in [2.45, 2.75) is 19.3 Å². The summed E-state index contributed by atoms with van der Waals surface area (Å²) in [5, 5.41) is 9.22. The van der Waals surface area contributed by atoms with Crippen LogP contribution in [0.15, 0.2) is 18.2 Å². The predicted octanol–water partition coefficient (Wildman–Crippen LogP) is 2.14. The monoisotopic (exact) mass is 276 g/mol. The fraction of sp³-hybridized carbons (Fsp3) is 0.467. The largest absolute Gasteiger partial charge is 0.496 e. The van der Waals surface area contributed by atoms with E-state index in [9.17, 15) is 14.4 Å². The van der Waals surface area contributed by atoms with Crippen molar-refractivity contribution in [3.8, 4) is 11.8 Å². The molecule has 5 heteroatoms. The number of hydrogen-bond acceptors (Lipinski definition) is 3. The highest BCUT2D eigenvalue weighted by molar-refractivity contribution is 5.81. The lowest BCUT2D eigenvalue weighted by atomic mass is 9.98. The minimum Gasteiger partial charge on any atom is -0.496 e. The molecule has 2 rings (SSSR count). The van der Waals surface area contributed by atoms with E-state index in [1.54, 1.807) is 4.90 Å². The van der Waals surface area contributed by atoms with Gasteiger partial charge in [0.1, 0.15) is 17.5 Å². The van der Waals surface area contributed by atoms with Crippen molar-refractivity contribution in [2.75, 3.05) is 20.2 Å². The zero-order chi connectivity index (χ0) is 14.5. The summed E-state index contributed by atoms with van der Waals surface area (Å²) in [5.41, 5.74) is 0.548. The number of carbonyl (C=O) groups is 1. The van der Waals surface area contributed by atoms with Gasteiger partial charge >= 0.3 is 0 Å². The van der Waals surface area contributed by atoms with Gasteiger partial charge in [0.15, 0.2) is 0 Å². The number of likely N-dealkylation sites (tertiary alicyclic amines) is 1. The summed E-state index contributed by atoms with van der Waals surface area (Å²) < 4.78 is 18.5. The number of halogens is 1. The van der Waals surface area contributed by atoms with Crippen LogP contribution in [0.3, 0.4) is 0 Å². The molecule has 0 bridgehead atoms. The molecule has 1 aliphatic rings. The highest BCUT2D eigenvalue weighted by Crippen LogP contribution is 2.24. The molecule has 1 amide bonds. The Morgan fingerprint density at radius 2 is 2.20 bits per heavy atom. The molecule has 0 aromatic heterocycles. The molecule has 0 saturated carbocycles. The maximum absolute atomic E-state index is 13.3. The van der Waals surface area contributed by atoms with Crippen molar-refractivity contribution in [2.24, 2.45) is 5.92 Å². The summed E-state index contributed by atoms with van der Waals surface area (Å²) in [6.07, 6.45) is 2.13. The van der Waals surface area contributed by atoms with Crippen LogP contribution in [-0.2, 0) is 11.2 Å². The van der Waals surface area contributed by atoms with E-state index in [1.165, 1.54) is 25.3 Å². The molecule has 1 fully saturated rings. The normalized spacial score (nSPS) is 15.8. The van der Waals surface area contributed by atoms with Crippen molar-refractivity contribution < 1.29 is 13.9 Å². The van der Waals surface area contributed by atoms with Gasteiger partial charge in [0.25, 0.3) is 0 Å².